The Morgan fingerprint density at radius 3 is 2.61 bits per heavy atom. The van der Waals surface area contributed by atoms with Crippen LogP contribution in [-0.2, 0) is 11.3 Å². The lowest BCUT2D eigenvalue weighted by atomic mass is 9.56. The molecule has 1 aromatic heterocycles. The Morgan fingerprint density at radius 2 is 2.07 bits per heavy atom. The highest BCUT2D eigenvalue weighted by molar-refractivity contribution is 7.09. The molecule has 0 radical (unpaired) electrons. The van der Waals surface area contributed by atoms with Crippen molar-refractivity contribution in [1.82, 2.24) is 20.5 Å². The molecule has 0 aromatic carbocycles. The molecule has 1 aliphatic heterocycles. The molecule has 7 heteroatoms. The van der Waals surface area contributed by atoms with Gasteiger partial charge in [-0.1, -0.05) is 13.8 Å². The molecule has 3 rings (SSSR count). The van der Waals surface area contributed by atoms with Crippen molar-refractivity contribution in [3.63, 3.8) is 0 Å². The van der Waals surface area contributed by atoms with Crippen LogP contribution in [0.25, 0.3) is 0 Å². The quantitative estimate of drug-likeness (QED) is 0.561. The van der Waals surface area contributed by atoms with Crippen molar-refractivity contribution >= 4 is 17.3 Å². The number of aryl methyl sites for hydroxylation is 1. The average molecular weight is 408 g/mol. The maximum atomic E-state index is 5.73. The highest BCUT2D eigenvalue weighted by atomic mass is 32.1. The van der Waals surface area contributed by atoms with Crippen LogP contribution in [0.5, 0.6) is 0 Å². The Balaban J connectivity index is 1.39. The number of methoxy groups -OCH3 is 1. The van der Waals surface area contributed by atoms with Gasteiger partial charge in [0.1, 0.15) is 0 Å². The van der Waals surface area contributed by atoms with Gasteiger partial charge in [-0.2, -0.15) is 0 Å². The van der Waals surface area contributed by atoms with Gasteiger partial charge in [0.25, 0.3) is 0 Å². The minimum atomic E-state index is -0.0633. The predicted molar refractivity (Wildman–Crippen MR) is 117 cm³/mol. The van der Waals surface area contributed by atoms with E-state index >= 15 is 0 Å². The predicted octanol–water partition coefficient (Wildman–Crippen LogP) is 3.03. The Labute approximate surface area is 174 Å². The summed E-state index contributed by atoms with van der Waals surface area (Å²) in [5.41, 5.74) is 1.24. The standard InChI is InChI=1S/C21H37N5OS/c1-15-24-17(14-28-15)13-26-9-7-16(8-10-26)12-23-19(22-5)25-18-11-21(4,27-6)20(18,2)3/h14,16,18H,7-13H2,1-6H3,(H2,22,23,25). The van der Waals surface area contributed by atoms with E-state index in [4.69, 9.17) is 4.74 Å². The smallest absolute Gasteiger partial charge is 0.191 e. The number of thiazole rings is 1. The molecule has 0 amide bonds. The Morgan fingerprint density at radius 1 is 1.36 bits per heavy atom. The lowest BCUT2D eigenvalue weighted by Gasteiger charge is -2.59. The summed E-state index contributed by atoms with van der Waals surface area (Å²) in [5.74, 6) is 1.61. The van der Waals surface area contributed by atoms with Crippen molar-refractivity contribution in [2.24, 2.45) is 16.3 Å². The first kappa shape index (κ1) is 21.5. The number of piperidine rings is 1. The van der Waals surface area contributed by atoms with Crippen molar-refractivity contribution in [3.8, 4) is 0 Å². The summed E-state index contributed by atoms with van der Waals surface area (Å²) >= 11 is 1.74. The second kappa shape index (κ2) is 8.67. The molecule has 6 nitrogen and oxygen atoms in total. The van der Waals surface area contributed by atoms with E-state index in [2.05, 4.69) is 58.6 Å². The SMILES string of the molecule is CN=C(NCC1CCN(Cc2csc(C)n2)CC1)NC1CC(C)(OC)C1(C)C. The van der Waals surface area contributed by atoms with E-state index in [-0.39, 0.29) is 11.0 Å². The Hall–Kier alpha value is -1.18. The van der Waals surface area contributed by atoms with Gasteiger partial charge in [0.05, 0.1) is 16.3 Å². The number of aliphatic imine (C=N–C) groups is 1. The van der Waals surface area contributed by atoms with Gasteiger partial charge >= 0.3 is 0 Å². The van der Waals surface area contributed by atoms with Crippen LogP contribution in [0.3, 0.4) is 0 Å². The Kier molecular flexibility index (Phi) is 6.67. The molecule has 1 aromatic rings. The number of hydrogen-bond donors (Lipinski definition) is 2. The van der Waals surface area contributed by atoms with Crippen molar-refractivity contribution in [1.29, 1.82) is 0 Å². The zero-order valence-electron chi connectivity index (χ0n) is 18.3. The van der Waals surface area contributed by atoms with E-state index in [1.54, 1.807) is 11.3 Å². The average Bonchev–Trinajstić information content (AvgIpc) is 3.09. The first-order chi connectivity index (χ1) is 13.3. The molecule has 2 unspecified atom stereocenters. The first-order valence-corrected chi connectivity index (χ1v) is 11.3. The van der Waals surface area contributed by atoms with E-state index in [1.165, 1.54) is 18.5 Å². The molecule has 2 fully saturated rings. The summed E-state index contributed by atoms with van der Waals surface area (Å²) in [7, 11) is 3.67. The number of aromatic nitrogens is 1. The first-order valence-electron chi connectivity index (χ1n) is 10.4. The van der Waals surface area contributed by atoms with Crippen molar-refractivity contribution in [3.05, 3.63) is 16.1 Å². The highest BCUT2D eigenvalue weighted by Gasteiger charge is 2.58. The number of guanidine groups is 1. The van der Waals surface area contributed by atoms with E-state index in [9.17, 15) is 0 Å². The summed E-state index contributed by atoms with van der Waals surface area (Å²) in [6.07, 6.45) is 3.46. The Bertz CT molecular complexity index is 680. The van der Waals surface area contributed by atoms with E-state index in [1.807, 2.05) is 14.2 Å². The van der Waals surface area contributed by atoms with Gasteiger partial charge in [0, 0.05) is 44.1 Å². The third-order valence-electron chi connectivity index (χ3n) is 7.13. The molecule has 1 saturated heterocycles. The van der Waals surface area contributed by atoms with Gasteiger partial charge in [-0.15, -0.1) is 11.3 Å². The number of nitrogens with one attached hydrogen (secondary N) is 2. The number of nitrogens with zero attached hydrogens (tertiary/aromatic N) is 3. The van der Waals surface area contributed by atoms with Crippen LogP contribution < -0.4 is 10.6 Å². The lowest BCUT2D eigenvalue weighted by Crippen LogP contribution is -2.69. The molecular weight excluding hydrogens is 370 g/mol. The summed E-state index contributed by atoms with van der Waals surface area (Å²) in [6, 6.07) is 0.382. The van der Waals surface area contributed by atoms with Crippen LogP contribution in [0.1, 0.15) is 50.7 Å². The summed E-state index contributed by atoms with van der Waals surface area (Å²) < 4.78 is 5.73. The summed E-state index contributed by atoms with van der Waals surface area (Å²) in [6.45, 7) is 13.1. The molecule has 2 atom stereocenters. The van der Waals surface area contributed by atoms with Crippen LogP contribution in [0.2, 0.25) is 0 Å². The minimum absolute atomic E-state index is 0.0633. The van der Waals surface area contributed by atoms with Crippen molar-refractivity contribution in [2.75, 3.05) is 33.8 Å². The van der Waals surface area contributed by atoms with Crippen LogP contribution in [0, 0.1) is 18.3 Å². The highest BCUT2D eigenvalue weighted by Crippen LogP contribution is 2.51. The van der Waals surface area contributed by atoms with E-state index in [0.29, 0.717) is 12.0 Å². The lowest BCUT2D eigenvalue weighted by molar-refractivity contribution is -0.176. The summed E-state index contributed by atoms with van der Waals surface area (Å²) in [5, 5.41) is 10.5. The van der Waals surface area contributed by atoms with Gasteiger partial charge in [0.15, 0.2) is 5.96 Å². The normalized spacial score (nSPS) is 28.8. The van der Waals surface area contributed by atoms with Crippen molar-refractivity contribution < 1.29 is 4.74 Å². The molecule has 0 spiro atoms. The maximum Gasteiger partial charge on any atom is 0.191 e. The van der Waals surface area contributed by atoms with Crippen LogP contribution in [0.4, 0.5) is 0 Å². The fourth-order valence-corrected chi connectivity index (χ4v) is 4.99. The topological polar surface area (TPSA) is 61.8 Å². The molecular formula is C21H37N5OS. The monoisotopic (exact) mass is 407 g/mol. The number of ether oxygens (including phenoxy) is 1. The van der Waals surface area contributed by atoms with Gasteiger partial charge < -0.3 is 15.4 Å². The second-order valence-electron chi connectivity index (χ2n) is 9.09. The number of likely N-dealkylation sites (tertiary alicyclic amines) is 1. The van der Waals surface area contributed by atoms with E-state index < -0.39 is 0 Å². The summed E-state index contributed by atoms with van der Waals surface area (Å²) in [4.78, 5) is 11.6. The zero-order chi connectivity index (χ0) is 20.4. The number of hydrogen-bond acceptors (Lipinski definition) is 5. The van der Waals surface area contributed by atoms with Crippen LogP contribution in [-0.4, -0.2) is 61.3 Å². The molecule has 1 aliphatic carbocycles. The third kappa shape index (κ3) is 4.52. The van der Waals surface area contributed by atoms with Crippen LogP contribution >= 0.6 is 11.3 Å². The molecule has 1 saturated carbocycles. The maximum absolute atomic E-state index is 5.73. The zero-order valence-corrected chi connectivity index (χ0v) is 19.2. The molecule has 158 valence electrons. The minimum Gasteiger partial charge on any atom is -0.378 e. The van der Waals surface area contributed by atoms with Gasteiger partial charge in [-0.3, -0.25) is 9.89 Å². The molecule has 2 aliphatic rings. The van der Waals surface area contributed by atoms with Gasteiger partial charge in [-0.25, -0.2) is 4.98 Å². The third-order valence-corrected chi connectivity index (χ3v) is 7.95. The molecule has 2 N–H and O–H groups in total. The number of rotatable bonds is 6. The second-order valence-corrected chi connectivity index (χ2v) is 10.2. The van der Waals surface area contributed by atoms with Gasteiger partial charge in [-0.05, 0) is 52.1 Å². The van der Waals surface area contributed by atoms with E-state index in [0.717, 1.165) is 43.6 Å². The fourth-order valence-electron chi connectivity index (χ4n) is 4.38. The molecule has 28 heavy (non-hydrogen) atoms. The molecule has 0 bridgehead atoms. The van der Waals surface area contributed by atoms with Gasteiger partial charge in [0.2, 0.25) is 0 Å². The largest absolute Gasteiger partial charge is 0.378 e. The van der Waals surface area contributed by atoms with Crippen LogP contribution in [0.15, 0.2) is 10.4 Å². The molecule has 2 heterocycles. The fraction of sp³-hybridized carbons (Fsp3) is 0.810. The van der Waals surface area contributed by atoms with Crippen molar-refractivity contribution in [2.45, 2.75) is 65.1 Å².